The SMILES string of the molecule is CCC1C(=O)NC2CC(NC(=O)C3CC(=O)N(c4ccccc4)C3)CCC2C1C. The lowest BCUT2D eigenvalue weighted by molar-refractivity contribution is -0.133. The van der Waals surface area contributed by atoms with E-state index in [4.69, 9.17) is 0 Å². The first kappa shape index (κ1) is 19.9. The van der Waals surface area contributed by atoms with Crippen LogP contribution in [0, 0.1) is 23.7 Å². The Labute approximate surface area is 172 Å². The van der Waals surface area contributed by atoms with Gasteiger partial charge in [0.1, 0.15) is 0 Å². The first-order valence-electron chi connectivity index (χ1n) is 10.9. The number of anilines is 1. The van der Waals surface area contributed by atoms with Gasteiger partial charge in [0.15, 0.2) is 0 Å². The Morgan fingerprint density at radius 1 is 1.21 bits per heavy atom. The van der Waals surface area contributed by atoms with Crippen LogP contribution in [0.5, 0.6) is 0 Å². The van der Waals surface area contributed by atoms with Gasteiger partial charge in [-0.05, 0) is 49.7 Å². The molecule has 3 amide bonds. The van der Waals surface area contributed by atoms with E-state index < -0.39 is 0 Å². The van der Waals surface area contributed by atoms with E-state index in [1.165, 1.54) is 0 Å². The van der Waals surface area contributed by atoms with Crippen molar-refractivity contribution < 1.29 is 14.4 Å². The fraction of sp³-hybridized carbons (Fsp3) is 0.609. The molecule has 2 aliphatic heterocycles. The summed E-state index contributed by atoms with van der Waals surface area (Å²) in [6.07, 6.45) is 3.88. The summed E-state index contributed by atoms with van der Waals surface area (Å²) in [7, 11) is 0. The Balaban J connectivity index is 1.34. The molecule has 3 fully saturated rings. The van der Waals surface area contributed by atoms with Crippen LogP contribution in [0.25, 0.3) is 0 Å². The molecule has 6 atom stereocenters. The van der Waals surface area contributed by atoms with Crippen LogP contribution in [-0.2, 0) is 14.4 Å². The van der Waals surface area contributed by atoms with Crippen molar-refractivity contribution in [2.24, 2.45) is 23.7 Å². The molecule has 6 nitrogen and oxygen atoms in total. The molecule has 1 aliphatic carbocycles. The van der Waals surface area contributed by atoms with Crippen LogP contribution in [0.15, 0.2) is 30.3 Å². The number of hydrogen-bond acceptors (Lipinski definition) is 3. The number of carbonyl (C=O) groups excluding carboxylic acids is 3. The highest BCUT2D eigenvalue weighted by Crippen LogP contribution is 2.39. The molecule has 1 aromatic carbocycles. The van der Waals surface area contributed by atoms with Crippen molar-refractivity contribution in [1.82, 2.24) is 10.6 Å². The molecule has 0 aromatic heterocycles. The molecule has 156 valence electrons. The minimum Gasteiger partial charge on any atom is -0.353 e. The second kappa shape index (κ2) is 8.17. The van der Waals surface area contributed by atoms with E-state index >= 15 is 0 Å². The van der Waals surface area contributed by atoms with Crippen LogP contribution in [0.1, 0.15) is 46.0 Å². The van der Waals surface area contributed by atoms with Crippen LogP contribution in [0.3, 0.4) is 0 Å². The molecule has 0 radical (unpaired) electrons. The molecule has 6 heteroatoms. The molecule has 3 aliphatic rings. The lowest BCUT2D eigenvalue weighted by atomic mass is 9.67. The van der Waals surface area contributed by atoms with Crippen molar-refractivity contribution in [3.63, 3.8) is 0 Å². The molecule has 2 saturated heterocycles. The lowest BCUT2D eigenvalue weighted by Crippen LogP contribution is -2.58. The number of piperidine rings is 1. The van der Waals surface area contributed by atoms with E-state index in [1.807, 2.05) is 30.3 Å². The number of amides is 3. The molecular formula is C23H31N3O3. The van der Waals surface area contributed by atoms with Crippen molar-refractivity contribution >= 4 is 23.4 Å². The summed E-state index contributed by atoms with van der Waals surface area (Å²) in [5.41, 5.74) is 0.845. The number of benzene rings is 1. The number of hydrogen-bond donors (Lipinski definition) is 2. The summed E-state index contributed by atoms with van der Waals surface area (Å²) in [5.74, 6) is 0.796. The molecule has 0 spiro atoms. The zero-order valence-corrected chi connectivity index (χ0v) is 17.3. The summed E-state index contributed by atoms with van der Waals surface area (Å²) in [6.45, 7) is 4.71. The summed E-state index contributed by atoms with van der Waals surface area (Å²) in [5, 5.41) is 6.38. The largest absolute Gasteiger partial charge is 0.353 e. The number of nitrogens with zero attached hydrogens (tertiary/aromatic N) is 1. The average molecular weight is 398 g/mol. The van der Waals surface area contributed by atoms with Gasteiger partial charge in [0, 0.05) is 36.7 Å². The van der Waals surface area contributed by atoms with Gasteiger partial charge in [0.05, 0.1) is 5.92 Å². The summed E-state index contributed by atoms with van der Waals surface area (Å²) in [6, 6.07) is 9.72. The van der Waals surface area contributed by atoms with Crippen LogP contribution < -0.4 is 15.5 Å². The highest BCUT2D eigenvalue weighted by molar-refractivity contribution is 6.00. The van der Waals surface area contributed by atoms with Crippen molar-refractivity contribution in [2.75, 3.05) is 11.4 Å². The molecule has 1 saturated carbocycles. The number of carbonyl (C=O) groups is 3. The van der Waals surface area contributed by atoms with Gasteiger partial charge >= 0.3 is 0 Å². The van der Waals surface area contributed by atoms with Gasteiger partial charge in [-0.1, -0.05) is 32.0 Å². The van der Waals surface area contributed by atoms with Gasteiger partial charge in [-0.2, -0.15) is 0 Å². The minimum atomic E-state index is -0.315. The van der Waals surface area contributed by atoms with Crippen molar-refractivity contribution in [3.8, 4) is 0 Å². The van der Waals surface area contributed by atoms with E-state index in [-0.39, 0.29) is 48.1 Å². The molecule has 0 bridgehead atoms. The lowest BCUT2D eigenvalue weighted by Gasteiger charge is -2.46. The van der Waals surface area contributed by atoms with Gasteiger partial charge in [0.25, 0.3) is 0 Å². The first-order chi connectivity index (χ1) is 14.0. The van der Waals surface area contributed by atoms with Gasteiger partial charge < -0.3 is 15.5 Å². The van der Waals surface area contributed by atoms with Crippen LogP contribution in [0.2, 0.25) is 0 Å². The zero-order valence-electron chi connectivity index (χ0n) is 17.3. The maximum absolute atomic E-state index is 12.8. The number of fused-ring (bicyclic) bond motifs is 1. The van der Waals surface area contributed by atoms with Gasteiger partial charge in [-0.25, -0.2) is 0 Å². The summed E-state index contributed by atoms with van der Waals surface area (Å²) in [4.78, 5) is 39.3. The van der Waals surface area contributed by atoms with Gasteiger partial charge in [-0.3, -0.25) is 14.4 Å². The van der Waals surface area contributed by atoms with Gasteiger partial charge in [0.2, 0.25) is 17.7 Å². The van der Waals surface area contributed by atoms with Gasteiger partial charge in [-0.15, -0.1) is 0 Å². The van der Waals surface area contributed by atoms with E-state index in [0.29, 0.717) is 18.4 Å². The van der Waals surface area contributed by atoms with E-state index in [0.717, 1.165) is 31.4 Å². The second-order valence-corrected chi connectivity index (χ2v) is 8.91. The monoisotopic (exact) mass is 397 g/mol. The quantitative estimate of drug-likeness (QED) is 0.819. The molecule has 1 aromatic rings. The van der Waals surface area contributed by atoms with Crippen LogP contribution in [0.4, 0.5) is 5.69 Å². The third-order valence-electron chi connectivity index (χ3n) is 7.23. The highest BCUT2D eigenvalue weighted by Gasteiger charge is 2.44. The van der Waals surface area contributed by atoms with E-state index in [9.17, 15) is 14.4 Å². The topological polar surface area (TPSA) is 78.5 Å². The molecular weight excluding hydrogens is 366 g/mol. The second-order valence-electron chi connectivity index (χ2n) is 8.91. The van der Waals surface area contributed by atoms with Crippen molar-refractivity contribution in [3.05, 3.63) is 30.3 Å². The van der Waals surface area contributed by atoms with Crippen molar-refractivity contribution in [1.29, 1.82) is 0 Å². The Morgan fingerprint density at radius 2 is 1.97 bits per heavy atom. The normalized spacial score (nSPS) is 34.5. The predicted octanol–water partition coefficient (Wildman–Crippen LogP) is 2.49. The minimum absolute atomic E-state index is 0.000894. The fourth-order valence-electron chi connectivity index (χ4n) is 5.56. The number of rotatable bonds is 4. The average Bonchev–Trinajstić information content (AvgIpc) is 3.10. The maximum Gasteiger partial charge on any atom is 0.227 e. The van der Waals surface area contributed by atoms with Crippen LogP contribution >= 0.6 is 0 Å². The first-order valence-corrected chi connectivity index (χ1v) is 10.9. The third-order valence-corrected chi connectivity index (χ3v) is 7.23. The third kappa shape index (κ3) is 3.89. The predicted molar refractivity (Wildman–Crippen MR) is 111 cm³/mol. The Kier molecular flexibility index (Phi) is 5.61. The zero-order chi connectivity index (χ0) is 20.5. The summed E-state index contributed by atoms with van der Waals surface area (Å²) < 4.78 is 0. The van der Waals surface area contributed by atoms with E-state index in [2.05, 4.69) is 24.5 Å². The Hall–Kier alpha value is -2.37. The highest BCUT2D eigenvalue weighted by atomic mass is 16.2. The molecule has 29 heavy (non-hydrogen) atoms. The molecule has 2 heterocycles. The van der Waals surface area contributed by atoms with E-state index in [1.54, 1.807) is 4.90 Å². The standard InChI is InChI=1S/C23H31N3O3/c1-3-18-14(2)19-10-9-16(12-20(19)25-23(18)29)24-22(28)15-11-21(27)26(13-15)17-7-5-4-6-8-17/h4-8,14-16,18-20H,3,9-13H2,1-2H3,(H,24,28)(H,25,29). The number of para-hydroxylation sites is 1. The fourth-order valence-corrected chi connectivity index (χ4v) is 5.56. The molecule has 6 unspecified atom stereocenters. The smallest absolute Gasteiger partial charge is 0.227 e. The Bertz CT molecular complexity index is 781. The summed E-state index contributed by atoms with van der Waals surface area (Å²) >= 11 is 0. The maximum atomic E-state index is 12.8. The van der Waals surface area contributed by atoms with Crippen LogP contribution in [-0.4, -0.2) is 36.3 Å². The molecule has 2 N–H and O–H groups in total. The van der Waals surface area contributed by atoms with Crippen molar-refractivity contribution in [2.45, 2.75) is 58.0 Å². The molecule has 4 rings (SSSR count). The Morgan fingerprint density at radius 3 is 2.69 bits per heavy atom. The number of nitrogens with one attached hydrogen (secondary N) is 2.